The molecule has 2 heterocycles. The van der Waals surface area contributed by atoms with Crippen molar-refractivity contribution in [3.05, 3.63) is 0 Å². The zero-order valence-electron chi connectivity index (χ0n) is 10.8. The third-order valence-electron chi connectivity index (χ3n) is 5.01. The summed E-state index contributed by atoms with van der Waals surface area (Å²) in [6.07, 6.45) is 9.45. The molecule has 4 atom stereocenters. The first-order valence-electron chi connectivity index (χ1n) is 7.48. The highest BCUT2D eigenvalue weighted by atomic mass is 16.3. The highest BCUT2D eigenvalue weighted by Gasteiger charge is 2.35. The van der Waals surface area contributed by atoms with Crippen LogP contribution >= 0.6 is 0 Å². The van der Waals surface area contributed by atoms with Crippen molar-refractivity contribution in [3.63, 3.8) is 0 Å². The lowest BCUT2D eigenvalue weighted by molar-refractivity contribution is 0.0535. The van der Waals surface area contributed by atoms with Crippen LogP contribution in [0.3, 0.4) is 0 Å². The minimum Gasteiger partial charge on any atom is -0.392 e. The maximum absolute atomic E-state index is 9.58. The van der Waals surface area contributed by atoms with Crippen LogP contribution in [0.5, 0.6) is 0 Å². The maximum Gasteiger partial charge on any atom is 0.0680 e. The number of fused-ring (bicyclic) bond motifs is 1. The molecule has 2 unspecified atom stereocenters. The van der Waals surface area contributed by atoms with Gasteiger partial charge in [0.2, 0.25) is 0 Å². The molecule has 2 aliphatic heterocycles. The predicted octanol–water partition coefficient (Wildman–Crippen LogP) is 1.36. The Morgan fingerprint density at radius 2 is 1.94 bits per heavy atom. The van der Waals surface area contributed by atoms with E-state index in [0.717, 1.165) is 31.5 Å². The van der Waals surface area contributed by atoms with Crippen LogP contribution in [0.1, 0.15) is 44.9 Å². The molecule has 3 heteroatoms. The number of β-amino-alcohol motifs (C(OH)–C–C–N with tert-alkyl or cyclic N) is 1. The number of hydrogen-bond donors (Lipinski definition) is 2. The van der Waals surface area contributed by atoms with Gasteiger partial charge in [0.25, 0.3) is 0 Å². The second-order valence-corrected chi connectivity index (χ2v) is 6.24. The van der Waals surface area contributed by atoms with Crippen molar-refractivity contribution in [2.45, 2.75) is 63.1 Å². The van der Waals surface area contributed by atoms with Crippen LogP contribution in [0, 0.1) is 5.92 Å². The lowest BCUT2D eigenvalue weighted by Gasteiger charge is -2.45. The third kappa shape index (κ3) is 2.67. The highest BCUT2D eigenvalue weighted by molar-refractivity contribution is 4.91. The summed E-state index contributed by atoms with van der Waals surface area (Å²) in [5, 5.41) is 13.0. The number of aliphatic hydroxyl groups is 1. The van der Waals surface area contributed by atoms with E-state index in [0.29, 0.717) is 6.04 Å². The van der Waals surface area contributed by atoms with E-state index in [1.807, 2.05) is 0 Å². The van der Waals surface area contributed by atoms with Crippen LogP contribution in [0.2, 0.25) is 0 Å². The van der Waals surface area contributed by atoms with Gasteiger partial charge in [-0.1, -0.05) is 12.8 Å². The Hall–Kier alpha value is -0.120. The van der Waals surface area contributed by atoms with Crippen LogP contribution < -0.4 is 5.32 Å². The Balaban J connectivity index is 1.57. The summed E-state index contributed by atoms with van der Waals surface area (Å²) in [5.74, 6) is 0.976. The van der Waals surface area contributed by atoms with E-state index in [-0.39, 0.29) is 6.10 Å². The summed E-state index contributed by atoms with van der Waals surface area (Å²) in [7, 11) is 0. The standard InChI is InChI=1S/C14H26N2O/c17-13-8-12(15-9-13)10-16-7-3-5-11-4-1-2-6-14(11)16/h11-15,17H,1-10H2/t11-,12?,13?,14-/m1/s1. The number of hydrogen-bond acceptors (Lipinski definition) is 3. The quantitative estimate of drug-likeness (QED) is 0.762. The molecular weight excluding hydrogens is 212 g/mol. The molecule has 1 saturated carbocycles. The number of nitrogens with zero attached hydrogens (tertiary/aromatic N) is 1. The van der Waals surface area contributed by atoms with Crippen LogP contribution in [-0.4, -0.2) is 47.8 Å². The maximum atomic E-state index is 9.58. The van der Waals surface area contributed by atoms with E-state index in [2.05, 4.69) is 10.2 Å². The lowest BCUT2D eigenvalue weighted by Crippen LogP contribution is -2.50. The first-order chi connectivity index (χ1) is 8.33. The summed E-state index contributed by atoms with van der Waals surface area (Å²) >= 11 is 0. The molecule has 0 amide bonds. The smallest absolute Gasteiger partial charge is 0.0680 e. The van der Waals surface area contributed by atoms with Crippen molar-refractivity contribution in [3.8, 4) is 0 Å². The van der Waals surface area contributed by atoms with Gasteiger partial charge in [-0.15, -0.1) is 0 Å². The topological polar surface area (TPSA) is 35.5 Å². The lowest BCUT2D eigenvalue weighted by atomic mass is 9.78. The molecule has 0 aromatic heterocycles. The minimum absolute atomic E-state index is 0.105. The zero-order chi connectivity index (χ0) is 11.7. The first kappa shape index (κ1) is 11.9. The van der Waals surface area contributed by atoms with E-state index < -0.39 is 0 Å². The van der Waals surface area contributed by atoms with E-state index in [9.17, 15) is 5.11 Å². The van der Waals surface area contributed by atoms with Crippen LogP contribution in [0.25, 0.3) is 0 Å². The molecule has 3 rings (SSSR count). The molecule has 2 saturated heterocycles. The molecule has 17 heavy (non-hydrogen) atoms. The average Bonchev–Trinajstić information content (AvgIpc) is 2.75. The van der Waals surface area contributed by atoms with Gasteiger partial charge in [0.1, 0.15) is 0 Å². The van der Waals surface area contributed by atoms with Crippen molar-refractivity contribution < 1.29 is 5.11 Å². The van der Waals surface area contributed by atoms with Gasteiger partial charge in [-0.3, -0.25) is 4.90 Å². The molecule has 2 N–H and O–H groups in total. The molecule has 3 aliphatic rings. The SMILES string of the molecule is OC1CNC(CN2CCC[C@H]3CCCC[C@H]32)C1. The Kier molecular flexibility index (Phi) is 3.69. The van der Waals surface area contributed by atoms with Gasteiger partial charge in [-0.2, -0.15) is 0 Å². The van der Waals surface area contributed by atoms with Crippen molar-refractivity contribution >= 4 is 0 Å². The fraction of sp³-hybridized carbons (Fsp3) is 1.00. The molecule has 0 aromatic carbocycles. The number of likely N-dealkylation sites (tertiary alicyclic amines) is 1. The molecule has 3 fully saturated rings. The van der Waals surface area contributed by atoms with Crippen LogP contribution in [0.4, 0.5) is 0 Å². The summed E-state index contributed by atoms with van der Waals surface area (Å²) in [4.78, 5) is 2.73. The molecular formula is C14H26N2O. The highest BCUT2D eigenvalue weighted by Crippen LogP contribution is 2.35. The van der Waals surface area contributed by atoms with Gasteiger partial charge in [0.05, 0.1) is 6.10 Å². The van der Waals surface area contributed by atoms with Crippen molar-refractivity contribution in [1.29, 1.82) is 0 Å². The van der Waals surface area contributed by atoms with Crippen molar-refractivity contribution in [2.75, 3.05) is 19.6 Å². The Morgan fingerprint density at radius 3 is 2.76 bits per heavy atom. The van der Waals surface area contributed by atoms with Crippen LogP contribution in [-0.2, 0) is 0 Å². The van der Waals surface area contributed by atoms with Gasteiger partial charge >= 0.3 is 0 Å². The van der Waals surface area contributed by atoms with E-state index >= 15 is 0 Å². The Morgan fingerprint density at radius 1 is 1.12 bits per heavy atom. The second-order valence-electron chi connectivity index (χ2n) is 6.24. The number of rotatable bonds is 2. The minimum atomic E-state index is -0.105. The summed E-state index contributed by atoms with van der Waals surface area (Å²) in [6.45, 7) is 3.25. The molecule has 98 valence electrons. The average molecular weight is 238 g/mol. The predicted molar refractivity (Wildman–Crippen MR) is 69.0 cm³/mol. The fourth-order valence-electron chi connectivity index (χ4n) is 4.17. The Bertz CT molecular complexity index is 257. The molecule has 3 nitrogen and oxygen atoms in total. The first-order valence-corrected chi connectivity index (χ1v) is 7.48. The monoisotopic (exact) mass is 238 g/mol. The molecule has 1 aliphatic carbocycles. The van der Waals surface area contributed by atoms with Crippen molar-refractivity contribution in [1.82, 2.24) is 10.2 Å². The molecule has 0 bridgehead atoms. The summed E-state index contributed by atoms with van der Waals surface area (Å²) in [6, 6.07) is 1.39. The summed E-state index contributed by atoms with van der Waals surface area (Å²) in [5.41, 5.74) is 0. The largest absolute Gasteiger partial charge is 0.392 e. The van der Waals surface area contributed by atoms with Gasteiger partial charge in [0, 0.05) is 25.2 Å². The van der Waals surface area contributed by atoms with Gasteiger partial charge in [0.15, 0.2) is 0 Å². The van der Waals surface area contributed by atoms with Gasteiger partial charge in [-0.05, 0) is 44.6 Å². The number of nitrogens with one attached hydrogen (secondary N) is 1. The summed E-state index contributed by atoms with van der Waals surface area (Å²) < 4.78 is 0. The second kappa shape index (κ2) is 5.25. The van der Waals surface area contributed by atoms with Crippen LogP contribution in [0.15, 0.2) is 0 Å². The third-order valence-corrected chi connectivity index (χ3v) is 5.01. The zero-order valence-corrected chi connectivity index (χ0v) is 10.8. The van der Waals surface area contributed by atoms with E-state index in [4.69, 9.17) is 0 Å². The molecule has 0 spiro atoms. The normalized spacial score (nSPS) is 43.6. The fourth-order valence-corrected chi connectivity index (χ4v) is 4.17. The van der Waals surface area contributed by atoms with E-state index in [1.54, 1.807) is 0 Å². The number of piperidine rings is 1. The number of aliphatic hydroxyl groups excluding tert-OH is 1. The molecule has 0 radical (unpaired) electrons. The van der Waals surface area contributed by atoms with Gasteiger partial charge < -0.3 is 10.4 Å². The van der Waals surface area contributed by atoms with Gasteiger partial charge in [-0.25, -0.2) is 0 Å². The van der Waals surface area contributed by atoms with Crippen molar-refractivity contribution in [2.24, 2.45) is 5.92 Å². The van der Waals surface area contributed by atoms with E-state index in [1.165, 1.54) is 45.1 Å². The Labute approximate surface area is 105 Å². The molecule has 0 aromatic rings.